The summed E-state index contributed by atoms with van der Waals surface area (Å²) in [6.45, 7) is 3.95. The third-order valence-electron chi connectivity index (χ3n) is 4.36. The molecule has 0 bridgehead atoms. The molecule has 0 spiro atoms. The van der Waals surface area contributed by atoms with Crippen molar-refractivity contribution >= 4 is 0 Å². The Kier molecular flexibility index (Phi) is 5.73. The molecule has 2 nitrogen and oxygen atoms in total. The van der Waals surface area contributed by atoms with Crippen LogP contribution in [0.2, 0.25) is 0 Å². The number of halogens is 2. The van der Waals surface area contributed by atoms with Crippen LogP contribution in [0.25, 0.3) is 0 Å². The molecule has 1 saturated heterocycles. The Balaban J connectivity index is 1.69. The van der Waals surface area contributed by atoms with Gasteiger partial charge >= 0.3 is 6.29 Å². The summed E-state index contributed by atoms with van der Waals surface area (Å²) in [6, 6.07) is 0. The molecule has 0 aromatic rings. The summed E-state index contributed by atoms with van der Waals surface area (Å²) >= 11 is 0. The van der Waals surface area contributed by atoms with Gasteiger partial charge in [0.1, 0.15) is 0 Å². The molecule has 0 unspecified atom stereocenters. The Hall–Kier alpha value is -0.740. The Labute approximate surface area is 119 Å². The highest BCUT2D eigenvalue weighted by Crippen LogP contribution is 2.37. The molecule has 0 atom stereocenters. The van der Waals surface area contributed by atoms with Gasteiger partial charge in [-0.3, -0.25) is 9.47 Å². The molecule has 2 aliphatic rings. The Bertz CT molecular complexity index is 323. The van der Waals surface area contributed by atoms with E-state index in [1.165, 1.54) is 0 Å². The second-order valence-corrected chi connectivity index (χ2v) is 5.81. The van der Waals surface area contributed by atoms with Gasteiger partial charge in [-0.25, -0.2) is 0 Å². The van der Waals surface area contributed by atoms with E-state index in [4.69, 9.17) is 0 Å². The monoisotopic (exact) mass is 286 g/mol. The van der Waals surface area contributed by atoms with Crippen LogP contribution in [0.5, 0.6) is 0 Å². The van der Waals surface area contributed by atoms with E-state index in [1.54, 1.807) is 0 Å². The lowest BCUT2D eigenvalue weighted by atomic mass is 9.76. The van der Waals surface area contributed by atoms with Crippen LogP contribution in [0, 0.1) is 17.8 Å². The highest BCUT2D eigenvalue weighted by Gasteiger charge is 2.41. The van der Waals surface area contributed by atoms with E-state index in [-0.39, 0.29) is 19.1 Å². The largest absolute Gasteiger partial charge is 0.485 e. The highest BCUT2D eigenvalue weighted by molar-refractivity contribution is 4.93. The number of rotatable bonds is 5. The second-order valence-electron chi connectivity index (χ2n) is 5.81. The van der Waals surface area contributed by atoms with Gasteiger partial charge in [0.2, 0.25) is 0 Å². The summed E-state index contributed by atoms with van der Waals surface area (Å²) in [4.78, 5) is 0. The fourth-order valence-corrected chi connectivity index (χ4v) is 3.08. The third-order valence-corrected chi connectivity index (χ3v) is 4.36. The van der Waals surface area contributed by atoms with Crippen molar-refractivity contribution in [2.24, 2.45) is 17.8 Å². The zero-order valence-corrected chi connectivity index (χ0v) is 11.9. The lowest BCUT2D eigenvalue weighted by Crippen LogP contribution is -2.40. The first-order valence-electron chi connectivity index (χ1n) is 7.54. The molecule has 0 radical (unpaired) electrons. The molecular formula is C16H24F2O2. The van der Waals surface area contributed by atoms with Crippen LogP contribution in [-0.4, -0.2) is 19.5 Å². The van der Waals surface area contributed by atoms with Crippen LogP contribution in [0.1, 0.15) is 38.5 Å². The maximum Gasteiger partial charge on any atom is 0.485 e. The van der Waals surface area contributed by atoms with Crippen molar-refractivity contribution in [2.75, 3.05) is 13.2 Å². The fourth-order valence-electron chi connectivity index (χ4n) is 3.08. The van der Waals surface area contributed by atoms with Gasteiger partial charge in [-0.05, 0) is 50.4 Å². The number of unbranched alkanes of at least 4 members (excludes halogenated alkanes) is 1. The topological polar surface area (TPSA) is 18.5 Å². The van der Waals surface area contributed by atoms with Gasteiger partial charge in [0.15, 0.2) is 0 Å². The van der Waals surface area contributed by atoms with Crippen molar-refractivity contribution in [3.63, 3.8) is 0 Å². The number of alkyl halides is 2. The molecule has 4 heteroatoms. The SMILES string of the molecule is C=CCC/C=C/C1CCC(C2COC(F)(F)OC2)CC1. The van der Waals surface area contributed by atoms with Gasteiger partial charge in [0.25, 0.3) is 0 Å². The fraction of sp³-hybridized carbons (Fsp3) is 0.750. The predicted molar refractivity (Wildman–Crippen MR) is 74.4 cm³/mol. The highest BCUT2D eigenvalue weighted by atomic mass is 19.3. The molecule has 0 N–H and O–H groups in total. The van der Waals surface area contributed by atoms with E-state index >= 15 is 0 Å². The van der Waals surface area contributed by atoms with Crippen molar-refractivity contribution in [3.8, 4) is 0 Å². The second kappa shape index (κ2) is 7.32. The normalized spacial score (nSPS) is 31.5. The zero-order chi connectivity index (χ0) is 14.4. The minimum Gasteiger partial charge on any atom is -0.295 e. The van der Waals surface area contributed by atoms with Gasteiger partial charge in [-0.2, -0.15) is 0 Å². The van der Waals surface area contributed by atoms with E-state index in [1.807, 2.05) is 6.08 Å². The number of allylic oxidation sites excluding steroid dienone is 3. The van der Waals surface area contributed by atoms with Gasteiger partial charge in [-0.1, -0.05) is 18.2 Å². The lowest BCUT2D eigenvalue weighted by Gasteiger charge is -2.36. The summed E-state index contributed by atoms with van der Waals surface area (Å²) in [5.41, 5.74) is 0. The molecular weight excluding hydrogens is 262 g/mol. The van der Waals surface area contributed by atoms with E-state index in [0.29, 0.717) is 11.8 Å². The number of hydrogen-bond acceptors (Lipinski definition) is 2. The van der Waals surface area contributed by atoms with Crippen molar-refractivity contribution in [1.29, 1.82) is 0 Å². The summed E-state index contributed by atoms with van der Waals surface area (Å²) < 4.78 is 34.4. The van der Waals surface area contributed by atoms with Gasteiger partial charge < -0.3 is 0 Å². The molecule has 1 aliphatic carbocycles. The van der Waals surface area contributed by atoms with E-state index in [0.717, 1.165) is 38.5 Å². The molecule has 114 valence electrons. The Morgan fingerprint density at radius 2 is 1.65 bits per heavy atom. The smallest absolute Gasteiger partial charge is 0.295 e. The van der Waals surface area contributed by atoms with Gasteiger partial charge in [0, 0.05) is 5.92 Å². The number of hydrogen-bond donors (Lipinski definition) is 0. The standard InChI is InChI=1S/C16H24F2O2/c1-2-3-4-5-6-13-7-9-14(10-8-13)15-11-19-16(17,18)20-12-15/h2,5-6,13-15H,1,3-4,7-12H2/b6-5+. The summed E-state index contributed by atoms with van der Waals surface area (Å²) in [5.74, 6) is 1.23. The molecule has 1 saturated carbocycles. The Morgan fingerprint density at radius 1 is 1.00 bits per heavy atom. The van der Waals surface area contributed by atoms with Crippen LogP contribution in [0.15, 0.2) is 24.8 Å². The van der Waals surface area contributed by atoms with Crippen LogP contribution in [-0.2, 0) is 9.47 Å². The molecule has 0 aromatic carbocycles. The van der Waals surface area contributed by atoms with Crippen molar-refractivity contribution in [3.05, 3.63) is 24.8 Å². The molecule has 20 heavy (non-hydrogen) atoms. The van der Waals surface area contributed by atoms with Crippen LogP contribution < -0.4 is 0 Å². The zero-order valence-electron chi connectivity index (χ0n) is 11.9. The predicted octanol–water partition coefficient (Wildman–Crippen LogP) is 4.53. The van der Waals surface area contributed by atoms with E-state index < -0.39 is 6.29 Å². The van der Waals surface area contributed by atoms with Crippen LogP contribution in [0.4, 0.5) is 8.78 Å². The molecule has 2 rings (SSSR count). The third kappa shape index (κ3) is 4.67. The Morgan fingerprint density at radius 3 is 2.25 bits per heavy atom. The number of ether oxygens (including phenoxy) is 2. The van der Waals surface area contributed by atoms with Crippen molar-refractivity contribution < 1.29 is 18.3 Å². The maximum absolute atomic E-state index is 12.7. The minimum atomic E-state index is -3.37. The van der Waals surface area contributed by atoms with E-state index in [2.05, 4.69) is 28.2 Å². The first-order chi connectivity index (χ1) is 9.61. The van der Waals surface area contributed by atoms with Crippen LogP contribution in [0.3, 0.4) is 0 Å². The molecule has 1 aliphatic heterocycles. The van der Waals surface area contributed by atoms with Crippen molar-refractivity contribution in [1.82, 2.24) is 0 Å². The average Bonchev–Trinajstić information content (AvgIpc) is 2.45. The average molecular weight is 286 g/mol. The quantitative estimate of drug-likeness (QED) is 0.546. The van der Waals surface area contributed by atoms with Crippen molar-refractivity contribution in [2.45, 2.75) is 44.8 Å². The molecule has 1 heterocycles. The van der Waals surface area contributed by atoms with Gasteiger partial charge in [0.05, 0.1) is 13.2 Å². The lowest BCUT2D eigenvalue weighted by molar-refractivity contribution is -0.423. The van der Waals surface area contributed by atoms with Gasteiger partial charge in [-0.15, -0.1) is 15.4 Å². The summed E-state index contributed by atoms with van der Waals surface area (Å²) in [6.07, 6.45) is 9.63. The summed E-state index contributed by atoms with van der Waals surface area (Å²) in [7, 11) is 0. The van der Waals surface area contributed by atoms with Crippen LogP contribution >= 0.6 is 0 Å². The minimum absolute atomic E-state index is 0.123. The first-order valence-corrected chi connectivity index (χ1v) is 7.54. The maximum atomic E-state index is 12.7. The molecule has 0 amide bonds. The molecule has 0 aromatic heterocycles. The van der Waals surface area contributed by atoms with E-state index in [9.17, 15) is 8.78 Å². The first kappa shape index (κ1) is 15.6. The molecule has 2 fully saturated rings. The summed E-state index contributed by atoms with van der Waals surface area (Å²) in [5, 5.41) is 0.